The van der Waals surface area contributed by atoms with Gasteiger partial charge in [-0.15, -0.1) is 0 Å². The van der Waals surface area contributed by atoms with E-state index in [2.05, 4.69) is 26.4 Å². The zero-order valence-corrected chi connectivity index (χ0v) is 13.9. The highest BCUT2D eigenvalue weighted by Crippen LogP contribution is 2.37. The van der Waals surface area contributed by atoms with Crippen molar-refractivity contribution in [3.05, 3.63) is 18.1 Å². The molecule has 0 unspecified atom stereocenters. The topological polar surface area (TPSA) is 85.2 Å². The van der Waals surface area contributed by atoms with Gasteiger partial charge in [-0.3, -0.25) is 9.78 Å². The maximum absolute atomic E-state index is 12.6. The highest BCUT2D eigenvalue weighted by atomic mass is 16.2. The normalized spacial score (nSPS) is 31.3. The minimum Gasteiger partial charge on any atom is -0.355 e. The molecule has 2 bridgehead atoms. The first-order chi connectivity index (χ1) is 11.7. The Balaban J connectivity index is 1.36. The molecule has 0 aliphatic carbocycles. The van der Waals surface area contributed by atoms with E-state index < -0.39 is 0 Å². The molecule has 0 aromatic carbocycles. The van der Waals surface area contributed by atoms with Crippen LogP contribution < -0.4 is 10.2 Å². The van der Waals surface area contributed by atoms with Crippen molar-refractivity contribution in [1.29, 1.82) is 5.26 Å². The smallest absolute Gasteiger partial charge is 0.225 e. The van der Waals surface area contributed by atoms with Gasteiger partial charge in [-0.1, -0.05) is 0 Å². The van der Waals surface area contributed by atoms with Crippen LogP contribution in [-0.4, -0.2) is 52.0 Å². The fourth-order valence-electron chi connectivity index (χ4n) is 4.39. The van der Waals surface area contributed by atoms with Gasteiger partial charge in [0.25, 0.3) is 0 Å². The molecule has 0 spiro atoms. The van der Waals surface area contributed by atoms with E-state index in [4.69, 9.17) is 0 Å². The van der Waals surface area contributed by atoms with Gasteiger partial charge in [-0.25, -0.2) is 4.98 Å². The average molecular weight is 326 g/mol. The number of fused-ring (bicyclic) bond motifs is 2. The molecule has 4 heterocycles. The van der Waals surface area contributed by atoms with E-state index in [1.165, 1.54) is 0 Å². The highest BCUT2D eigenvalue weighted by Gasteiger charge is 2.47. The van der Waals surface area contributed by atoms with Gasteiger partial charge in [-0.05, 0) is 32.6 Å². The van der Waals surface area contributed by atoms with Crippen LogP contribution in [0.4, 0.5) is 5.82 Å². The largest absolute Gasteiger partial charge is 0.355 e. The maximum atomic E-state index is 12.6. The summed E-state index contributed by atoms with van der Waals surface area (Å²) in [6, 6.07) is 0.653. The van der Waals surface area contributed by atoms with E-state index in [1.807, 2.05) is 11.8 Å². The number of hydrogen-bond acceptors (Lipinski definition) is 6. The highest BCUT2D eigenvalue weighted by molar-refractivity contribution is 5.80. The number of carbonyl (C=O) groups is 1. The van der Waals surface area contributed by atoms with Crippen LogP contribution in [0.5, 0.6) is 0 Å². The van der Waals surface area contributed by atoms with E-state index in [0.29, 0.717) is 12.6 Å². The number of aryl methyl sites for hydroxylation is 1. The van der Waals surface area contributed by atoms with Crippen LogP contribution in [0, 0.1) is 24.3 Å². The van der Waals surface area contributed by atoms with Gasteiger partial charge in [0.2, 0.25) is 5.91 Å². The summed E-state index contributed by atoms with van der Waals surface area (Å²) in [5.41, 5.74) is 0.888. The van der Waals surface area contributed by atoms with Crippen molar-refractivity contribution in [3.63, 3.8) is 0 Å². The molecule has 3 saturated heterocycles. The van der Waals surface area contributed by atoms with Gasteiger partial charge in [0, 0.05) is 25.3 Å². The van der Waals surface area contributed by atoms with E-state index in [0.717, 1.165) is 43.7 Å². The molecular formula is C17H22N6O. The third kappa shape index (κ3) is 2.56. The number of amides is 1. The van der Waals surface area contributed by atoms with Crippen LogP contribution >= 0.6 is 0 Å². The molecule has 0 saturated carbocycles. The zero-order valence-electron chi connectivity index (χ0n) is 13.9. The third-order valence-corrected chi connectivity index (χ3v) is 5.61. The summed E-state index contributed by atoms with van der Waals surface area (Å²) in [5.74, 6) is 0.955. The van der Waals surface area contributed by atoms with Crippen molar-refractivity contribution >= 4 is 11.7 Å². The summed E-state index contributed by atoms with van der Waals surface area (Å²) in [6.07, 6.45) is 9.62. The van der Waals surface area contributed by atoms with Gasteiger partial charge in [-0.2, -0.15) is 5.26 Å². The number of hydrogen-bond donors (Lipinski definition) is 1. The fraction of sp³-hybridized carbons (Fsp3) is 0.647. The first kappa shape index (κ1) is 15.2. The molecule has 126 valence electrons. The zero-order chi connectivity index (χ0) is 16.7. The Morgan fingerprint density at radius 1 is 1.38 bits per heavy atom. The molecule has 3 fully saturated rings. The number of nitriles is 1. The molecule has 4 atom stereocenters. The Labute approximate surface area is 141 Å². The summed E-state index contributed by atoms with van der Waals surface area (Å²) < 4.78 is 0. The molecule has 3 aliphatic heterocycles. The Bertz CT molecular complexity index is 686. The lowest BCUT2D eigenvalue weighted by Crippen LogP contribution is -2.46. The summed E-state index contributed by atoms with van der Waals surface area (Å²) in [4.78, 5) is 25.3. The molecule has 7 nitrogen and oxygen atoms in total. The Morgan fingerprint density at radius 3 is 3.00 bits per heavy atom. The van der Waals surface area contributed by atoms with Gasteiger partial charge in [0.05, 0.1) is 29.9 Å². The van der Waals surface area contributed by atoms with E-state index in [9.17, 15) is 10.1 Å². The average Bonchev–Trinajstić information content (AvgIpc) is 3.28. The van der Waals surface area contributed by atoms with Crippen molar-refractivity contribution in [2.45, 2.75) is 50.7 Å². The summed E-state index contributed by atoms with van der Waals surface area (Å²) in [6.45, 7) is 3.44. The van der Waals surface area contributed by atoms with Gasteiger partial charge in [0.15, 0.2) is 6.19 Å². The number of rotatable bonds is 3. The summed E-state index contributed by atoms with van der Waals surface area (Å²) >= 11 is 0. The lowest BCUT2D eigenvalue weighted by molar-refractivity contribution is -0.125. The molecule has 0 radical (unpaired) electrons. The standard InChI is InChI=1S/C17H22N6O/c1-11-7-19-8-16(20-11)22-5-4-12(9-22)17(24)21-14-6-13-2-3-15(14)23(13)10-18/h7-8,12-15H,2-6,9H2,1H3,(H,21,24)/t12-,13-,14+,15+/m0/s1. The lowest BCUT2D eigenvalue weighted by Gasteiger charge is -2.23. The van der Waals surface area contributed by atoms with E-state index in [-0.39, 0.29) is 23.9 Å². The predicted octanol–water partition coefficient (Wildman–Crippen LogP) is 0.814. The maximum Gasteiger partial charge on any atom is 0.225 e. The molecule has 7 heteroatoms. The summed E-state index contributed by atoms with van der Waals surface area (Å²) in [7, 11) is 0. The van der Waals surface area contributed by atoms with Gasteiger partial charge < -0.3 is 15.1 Å². The van der Waals surface area contributed by atoms with Crippen LogP contribution in [0.25, 0.3) is 0 Å². The first-order valence-electron chi connectivity index (χ1n) is 8.67. The quantitative estimate of drug-likeness (QED) is 0.828. The monoisotopic (exact) mass is 326 g/mol. The minimum atomic E-state index is -0.0121. The molecule has 4 rings (SSSR count). The number of anilines is 1. The lowest BCUT2D eigenvalue weighted by atomic mass is 9.95. The second-order valence-corrected chi connectivity index (χ2v) is 7.11. The van der Waals surface area contributed by atoms with Crippen LogP contribution in [0.2, 0.25) is 0 Å². The van der Waals surface area contributed by atoms with Crippen molar-refractivity contribution < 1.29 is 4.79 Å². The first-order valence-corrected chi connectivity index (χ1v) is 8.67. The Kier molecular flexibility index (Phi) is 3.75. The Morgan fingerprint density at radius 2 is 2.25 bits per heavy atom. The third-order valence-electron chi connectivity index (χ3n) is 5.61. The fourth-order valence-corrected chi connectivity index (χ4v) is 4.39. The molecular weight excluding hydrogens is 304 g/mol. The number of carbonyl (C=O) groups excluding carboxylic acids is 1. The molecule has 1 aromatic heterocycles. The van der Waals surface area contributed by atoms with Crippen LogP contribution in [0.1, 0.15) is 31.4 Å². The number of nitrogens with zero attached hydrogens (tertiary/aromatic N) is 5. The molecule has 3 aliphatic rings. The second-order valence-electron chi connectivity index (χ2n) is 7.11. The van der Waals surface area contributed by atoms with Crippen LogP contribution in [0.3, 0.4) is 0 Å². The molecule has 24 heavy (non-hydrogen) atoms. The number of aromatic nitrogens is 2. The minimum absolute atomic E-state index is 0.0121. The number of nitrogens with one attached hydrogen (secondary N) is 1. The predicted molar refractivity (Wildman–Crippen MR) is 87.9 cm³/mol. The van der Waals surface area contributed by atoms with E-state index in [1.54, 1.807) is 12.4 Å². The van der Waals surface area contributed by atoms with E-state index >= 15 is 0 Å². The van der Waals surface area contributed by atoms with Crippen molar-refractivity contribution in [2.75, 3.05) is 18.0 Å². The Hall–Kier alpha value is -2.36. The van der Waals surface area contributed by atoms with Crippen molar-refractivity contribution in [2.24, 2.45) is 5.92 Å². The van der Waals surface area contributed by atoms with Crippen LogP contribution in [0.15, 0.2) is 12.4 Å². The summed E-state index contributed by atoms with van der Waals surface area (Å²) in [5, 5.41) is 12.4. The molecule has 1 aromatic rings. The second kappa shape index (κ2) is 5.93. The van der Waals surface area contributed by atoms with Gasteiger partial charge in [0.1, 0.15) is 5.82 Å². The molecule has 1 amide bonds. The van der Waals surface area contributed by atoms with Crippen LogP contribution in [-0.2, 0) is 4.79 Å². The van der Waals surface area contributed by atoms with Crippen molar-refractivity contribution in [1.82, 2.24) is 20.2 Å². The van der Waals surface area contributed by atoms with Crippen molar-refractivity contribution in [3.8, 4) is 6.19 Å². The SMILES string of the molecule is Cc1cncc(N2CC[C@H](C(=O)N[C@@H]3C[C@@H]4CC[C@H]3N4C#N)C2)n1. The molecule has 1 N–H and O–H groups in total. The van der Waals surface area contributed by atoms with Gasteiger partial charge >= 0.3 is 0 Å².